The molecule has 0 spiro atoms. The quantitative estimate of drug-likeness (QED) is 0.713. The topological polar surface area (TPSA) is 59.3 Å². The lowest BCUT2D eigenvalue weighted by Gasteiger charge is -2.12. The van der Waals surface area contributed by atoms with E-state index >= 15 is 0 Å². The van der Waals surface area contributed by atoms with Crippen LogP contribution in [0.15, 0.2) is 59.0 Å². The van der Waals surface area contributed by atoms with Gasteiger partial charge in [-0.3, -0.25) is 9.59 Å². The van der Waals surface area contributed by atoms with Crippen LogP contribution in [0, 0.1) is 13.8 Å². The van der Waals surface area contributed by atoms with Gasteiger partial charge in [0, 0.05) is 11.1 Å². The third-order valence-corrected chi connectivity index (χ3v) is 3.82. The number of carbonyl (C=O) groups is 2. The molecule has 2 aromatic carbocycles. The minimum absolute atomic E-state index is 0.180. The fraction of sp³-hybridized carbons (Fsp3) is 0.100. The number of furan rings is 1. The van der Waals surface area contributed by atoms with E-state index in [1.54, 1.807) is 18.2 Å². The molecule has 3 aromatic rings. The summed E-state index contributed by atoms with van der Waals surface area (Å²) < 4.78 is 5.51. The number of aldehydes is 1. The third kappa shape index (κ3) is 3.13. The molecule has 4 nitrogen and oxygen atoms in total. The zero-order valence-electron chi connectivity index (χ0n) is 13.5. The average Bonchev–Trinajstić information content (AvgIpc) is 3.05. The molecule has 0 aliphatic rings. The number of nitrogens with one attached hydrogen (secondary N) is 1. The van der Waals surface area contributed by atoms with Crippen molar-refractivity contribution in [2.24, 2.45) is 0 Å². The van der Waals surface area contributed by atoms with Crippen molar-refractivity contribution in [3.8, 4) is 11.3 Å². The summed E-state index contributed by atoms with van der Waals surface area (Å²) in [5.41, 5.74) is 3.94. The van der Waals surface area contributed by atoms with Gasteiger partial charge in [-0.1, -0.05) is 29.8 Å². The molecule has 0 saturated heterocycles. The molecule has 120 valence electrons. The van der Waals surface area contributed by atoms with Crippen LogP contribution in [0.2, 0.25) is 0 Å². The van der Waals surface area contributed by atoms with Gasteiger partial charge >= 0.3 is 0 Å². The Morgan fingerprint density at radius 3 is 2.54 bits per heavy atom. The summed E-state index contributed by atoms with van der Waals surface area (Å²) in [6.07, 6.45) is 0.658. The lowest BCUT2D eigenvalue weighted by molar-refractivity contribution is 0.102. The second-order valence-corrected chi connectivity index (χ2v) is 5.64. The lowest BCUT2D eigenvalue weighted by atomic mass is 10.1. The van der Waals surface area contributed by atoms with Crippen molar-refractivity contribution in [1.82, 2.24) is 0 Å². The highest BCUT2D eigenvalue weighted by Crippen LogP contribution is 2.31. The molecule has 0 atom stereocenters. The van der Waals surface area contributed by atoms with Crippen LogP contribution in [0.4, 0.5) is 5.69 Å². The maximum absolute atomic E-state index is 12.6. The monoisotopic (exact) mass is 319 g/mol. The molecule has 0 saturated carbocycles. The molecule has 0 aliphatic heterocycles. The van der Waals surface area contributed by atoms with Gasteiger partial charge < -0.3 is 9.73 Å². The van der Waals surface area contributed by atoms with Crippen LogP contribution in [-0.4, -0.2) is 12.2 Å². The van der Waals surface area contributed by atoms with Gasteiger partial charge in [-0.15, -0.1) is 0 Å². The summed E-state index contributed by atoms with van der Waals surface area (Å²) in [6, 6.07) is 16.4. The van der Waals surface area contributed by atoms with Gasteiger partial charge in [-0.25, -0.2) is 0 Å². The first-order valence-electron chi connectivity index (χ1n) is 7.61. The van der Waals surface area contributed by atoms with Crippen molar-refractivity contribution in [2.45, 2.75) is 13.8 Å². The van der Waals surface area contributed by atoms with E-state index in [2.05, 4.69) is 5.32 Å². The minimum atomic E-state index is -0.180. The van der Waals surface area contributed by atoms with Crippen LogP contribution in [0.1, 0.15) is 32.0 Å². The SMILES string of the molecule is Cc1ccc(NC(=O)c2ccccc2C)c(-c2ccc(C=O)o2)c1. The molecule has 0 bridgehead atoms. The van der Waals surface area contributed by atoms with Gasteiger partial charge in [0.25, 0.3) is 5.91 Å². The number of anilines is 1. The van der Waals surface area contributed by atoms with Crippen molar-refractivity contribution < 1.29 is 14.0 Å². The normalized spacial score (nSPS) is 10.4. The van der Waals surface area contributed by atoms with E-state index in [-0.39, 0.29) is 11.7 Å². The van der Waals surface area contributed by atoms with Crippen molar-refractivity contribution in [3.63, 3.8) is 0 Å². The Bertz CT molecular complexity index is 909. The Labute approximate surface area is 140 Å². The van der Waals surface area contributed by atoms with E-state index < -0.39 is 0 Å². The molecule has 1 amide bonds. The summed E-state index contributed by atoms with van der Waals surface area (Å²) in [6.45, 7) is 3.86. The molecule has 0 aliphatic carbocycles. The standard InChI is InChI=1S/C20H17NO3/c1-13-7-9-18(17(11-13)19-10-8-15(12-22)24-19)21-20(23)16-6-4-3-5-14(16)2/h3-12H,1-2H3,(H,21,23). The van der Waals surface area contributed by atoms with E-state index in [1.165, 1.54) is 0 Å². The predicted octanol–water partition coefficient (Wildman–Crippen LogP) is 4.63. The summed E-state index contributed by atoms with van der Waals surface area (Å²) in [4.78, 5) is 23.4. The molecular weight excluding hydrogens is 302 g/mol. The van der Waals surface area contributed by atoms with Crippen LogP contribution in [-0.2, 0) is 0 Å². The van der Waals surface area contributed by atoms with E-state index in [0.29, 0.717) is 23.3 Å². The molecule has 0 fully saturated rings. The Balaban J connectivity index is 1.98. The van der Waals surface area contributed by atoms with E-state index in [1.807, 2.05) is 50.2 Å². The highest BCUT2D eigenvalue weighted by molar-refractivity contribution is 6.07. The Morgan fingerprint density at radius 2 is 1.83 bits per heavy atom. The summed E-state index contributed by atoms with van der Waals surface area (Å²) >= 11 is 0. The first-order chi connectivity index (χ1) is 11.6. The van der Waals surface area contributed by atoms with Gasteiger partial charge in [-0.05, 0) is 49.7 Å². The third-order valence-electron chi connectivity index (χ3n) is 3.82. The van der Waals surface area contributed by atoms with Crippen LogP contribution in [0.25, 0.3) is 11.3 Å². The van der Waals surface area contributed by atoms with E-state index in [4.69, 9.17) is 4.42 Å². The van der Waals surface area contributed by atoms with E-state index in [9.17, 15) is 9.59 Å². The Hall–Kier alpha value is -3.14. The second-order valence-electron chi connectivity index (χ2n) is 5.64. The Morgan fingerprint density at radius 1 is 1.04 bits per heavy atom. The second kappa shape index (κ2) is 6.54. The number of benzene rings is 2. The van der Waals surface area contributed by atoms with Gasteiger partial charge in [0.15, 0.2) is 12.0 Å². The fourth-order valence-corrected chi connectivity index (χ4v) is 2.55. The molecule has 1 heterocycles. The number of hydrogen-bond acceptors (Lipinski definition) is 3. The highest BCUT2D eigenvalue weighted by Gasteiger charge is 2.14. The first-order valence-corrected chi connectivity index (χ1v) is 7.61. The van der Waals surface area contributed by atoms with Crippen molar-refractivity contribution in [3.05, 3.63) is 77.0 Å². The molecule has 24 heavy (non-hydrogen) atoms. The molecule has 3 rings (SSSR count). The van der Waals surface area contributed by atoms with Gasteiger partial charge in [-0.2, -0.15) is 0 Å². The van der Waals surface area contributed by atoms with Gasteiger partial charge in [0.1, 0.15) is 5.76 Å². The zero-order chi connectivity index (χ0) is 17.1. The summed E-state index contributed by atoms with van der Waals surface area (Å²) in [7, 11) is 0. The van der Waals surface area contributed by atoms with Crippen LogP contribution >= 0.6 is 0 Å². The number of aryl methyl sites for hydroxylation is 2. The number of rotatable bonds is 4. The maximum atomic E-state index is 12.6. The van der Waals surface area contributed by atoms with Crippen molar-refractivity contribution >= 4 is 17.9 Å². The fourth-order valence-electron chi connectivity index (χ4n) is 2.55. The molecule has 1 N–H and O–H groups in total. The molecule has 0 radical (unpaired) electrons. The van der Waals surface area contributed by atoms with Crippen LogP contribution in [0.3, 0.4) is 0 Å². The number of carbonyl (C=O) groups excluding carboxylic acids is 2. The molecule has 1 aromatic heterocycles. The van der Waals surface area contributed by atoms with Crippen LogP contribution < -0.4 is 5.32 Å². The average molecular weight is 319 g/mol. The number of hydrogen-bond donors (Lipinski definition) is 1. The summed E-state index contributed by atoms with van der Waals surface area (Å²) in [5, 5.41) is 2.93. The summed E-state index contributed by atoms with van der Waals surface area (Å²) in [5.74, 6) is 0.615. The van der Waals surface area contributed by atoms with Gasteiger partial charge in [0.2, 0.25) is 0 Å². The molecule has 4 heteroatoms. The first kappa shape index (κ1) is 15.7. The molecule has 0 unspecified atom stereocenters. The lowest BCUT2D eigenvalue weighted by Crippen LogP contribution is -2.14. The van der Waals surface area contributed by atoms with Gasteiger partial charge in [0.05, 0.1) is 5.69 Å². The van der Waals surface area contributed by atoms with Crippen molar-refractivity contribution in [1.29, 1.82) is 0 Å². The highest BCUT2D eigenvalue weighted by atomic mass is 16.3. The Kier molecular flexibility index (Phi) is 4.29. The van der Waals surface area contributed by atoms with E-state index in [0.717, 1.165) is 16.7 Å². The number of amides is 1. The maximum Gasteiger partial charge on any atom is 0.255 e. The predicted molar refractivity (Wildman–Crippen MR) is 93.4 cm³/mol. The molecular formula is C20H17NO3. The largest absolute Gasteiger partial charge is 0.453 e. The van der Waals surface area contributed by atoms with Crippen LogP contribution in [0.5, 0.6) is 0 Å². The van der Waals surface area contributed by atoms with Crippen molar-refractivity contribution in [2.75, 3.05) is 5.32 Å². The zero-order valence-corrected chi connectivity index (χ0v) is 13.5. The smallest absolute Gasteiger partial charge is 0.255 e. The minimum Gasteiger partial charge on any atom is -0.453 e.